The van der Waals surface area contributed by atoms with Crippen LogP contribution in [0.3, 0.4) is 0 Å². The van der Waals surface area contributed by atoms with E-state index in [1.165, 1.54) is 17.1 Å². The lowest BCUT2D eigenvalue weighted by Crippen LogP contribution is -2.57. The number of nitrogens with one attached hydrogen (secondary N) is 1. The van der Waals surface area contributed by atoms with Crippen molar-refractivity contribution in [2.24, 2.45) is 4.99 Å². The molecule has 2 heterocycles. The van der Waals surface area contributed by atoms with Crippen LogP contribution < -0.4 is 10.2 Å². The van der Waals surface area contributed by atoms with Crippen molar-refractivity contribution in [3.63, 3.8) is 0 Å². The number of amidine groups is 1. The second-order valence-electron chi connectivity index (χ2n) is 4.99. The van der Waals surface area contributed by atoms with Crippen molar-refractivity contribution in [3.8, 4) is 0 Å². The molecule has 1 aromatic carbocycles. The van der Waals surface area contributed by atoms with Crippen molar-refractivity contribution in [1.29, 1.82) is 0 Å². The standard InChI is InChI=1S/C14H19N3S/c1-17-12-6-4-3-5-11(12)9-14(17,10-18-2)13-15-7-8-16-13/h3-6H,7-10H2,1-2H3,(H,15,16)/t14-/m1/s1. The minimum absolute atomic E-state index is 0.0274. The lowest BCUT2D eigenvalue weighted by atomic mass is 9.95. The van der Waals surface area contributed by atoms with Crippen molar-refractivity contribution in [2.75, 3.05) is 37.0 Å². The smallest absolute Gasteiger partial charge is 0.124 e. The maximum atomic E-state index is 4.69. The lowest BCUT2D eigenvalue weighted by molar-refractivity contribution is 0.614. The number of para-hydroxylation sites is 1. The molecule has 0 radical (unpaired) electrons. The first-order valence-corrected chi connectivity index (χ1v) is 7.77. The van der Waals surface area contributed by atoms with Gasteiger partial charge in [0.1, 0.15) is 11.4 Å². The molecule has 0 fully saturated rings. The summed E-state index contributed by atoms with van der Waals surface area (Å²) in [5.41, 5.74) is 2.81. The van der Waals surface area contributed by atoms with Crippen LogP contribution in [0.2, 0.25) is 0 Å². The lowest BCUT2D eigenvalue weighted by Gasteiger charge is -2.37. The van der Waals surface area contributed by atoms with E-state index in [0.717, 1.165) is 25.3 Å². The number of thioether (sulfide) groups is 1. The summed E-state index contributed by atoms with van der Waals surface area (Å²) < 4.78 is 0. The summed E-state index contributed by atoms with van der Waals surface area (Å²) in [5, 5.41) is 3.48. The Morgan fingerprint density at radius 1 is 1.44 bits per heavy atom. The van der Waals surface area contributed by atoms with Gasteiger partial charge in [0.15, 0.2) is 0 Å². The Morgan fingerprint density at radius 3 is 2.94 bits per heavy atom. The quantitative estimate of drug-likeness (QED) is 0.899. The highest BCUT2D eigenvalue weighted by Crippen LogP contribution is 2.40. The van der Waals surface area contributed by atoms with Gasteiger partial charge in [-0.15, -0.1) is 0 Å². The van der Waals surface area contributed by atoms with Crippen LogP contribution in [0, 0.1) is 0 Å². The van der Waals surface area contributed by atoms with Crippen LogP contribution in [-0.4, -0.2) is 43.5 Å². The van der Waals surface area contributed by atoms with Gasteiger partial charge in [-0.3, -0.25) is 4.99 Å². The first kappa shape index (κ1) is 11.9. The molecular weight excluding hydrogens is 242 g/mol. The molecule has 18 heavy (non-hydrogen) atoms. The molecule has 1 atom stereocenters. The van der Waals surface area contributed by atoms with Gasteiger partial charge < -0.3 is 10.2 Å². The monoisotopic (exact) mass is 261 g/mol. The van der Waals surface area contributed by atoms with Crippen molar-refractivity contribution in [2.45, 2.75) is 12.0 Å². The molecule has 0 amide bonds. The normalized spacial score (nSPS) is 25.9. The van der Waals surface area contributed by atoms with Crippen LogP contribution in [-0.2, 0) is 6.42 Å². The number of hydrogen-bond acceptors (Lipinski definition) is 4. The topological polar surface area (TPSA) is 27.6 Å². The Bertz CT molecular complexity index is 486. The SMILES string of the molecule is CSC[C@@]1(C2=NCCN2)Cc2ccccc2N1C. The average Bonchev–Trinajstić information content (AvgIpc) is 2.99. The van der Waals surface area contributed by atoms with E-state index in [1.54, 1.807) is 0 Å². The summed E-state index contributed by atoms with van der Waals surface area (Å²) in [7, 11) is 2.20. The van der Waals surface area contributed by atoms with Crippen molar-refractivity contribution in [1.82, 2.24) is 5.32 Å². The predicted octanol–water partition coefficient (Wildman–Crippen LogP) is 1.78. The fraction of sp³-hybridized carbons (Fsp3) is 0.500. The van der Waals surface area contributed by atoms with Crippen molar-refractivity contribution >= 4 is 23.3 Å². The summed E-state index contributed by atoms with van der Waals surface area (Å²) in [6.07, 6.45) is 3.24. The van der Waals surface area contributed by atoms with E-state index in [2.05, 4.69) is 47.8 Å². The summed E-state index contributed by atoms with van der Waals surface area (Å²) in [6.45, 7) is 1.89. The van der Waals surface area contributed by atoms with E-state index < -0.39 is 0 Å². The molecular formula is C14H19N3S. The van der Waals surface area contributed by atoms with Crippen molar-refractivity contribution in [3.05, 3.63) is 29.8 Å². The van der Waals surface area contributed by atoms with Crippen molar-refractivity contribution < 1.29 is 0 Å². The summed E-state index contributed by atoms with van der Waals surface area (Å²) in [6, 6.07) is 8.70. The van der Waals surface area contributed by atoms with Crippen LogP contribution in [0.5, 0.6) is 0 Å². The number of fused-ring (bicyclic) bond motifs is 1. The van der Waals surface area contributed by atoms with Gasteiger partial charge in [0.2, 0.25) is 0 Å². The van der Waals surface area contributed by atoms with Gasteiger partial charge in [-0.1, -0.05) is 18.2 Å². The van der Waals surface area contributed by atoms with E-state index in [-0.39, 0.29) is 5.54 Å². The molecule has 2 aliphatic heterocycles. The molecule has 1 aromatic rings. The zero-order chi connectivity index (χ0) is 12.6. The number of aliphatic imine (C=N–C) groups is 1. The third-order valence-corrected chi connectivity index (χ3v) is 4.74. The predicted molar refractivity (Wildman–Crippen MR) is 80.0 cm³/mol. The number of rotatable bonds is 3. The summed E-state index contributed by atoms with van der Waals surface area (Å²) in [4.78, 5) is 7.11. The molecule has 2 aliphatic rings. The molecule has 3 rings (SSSR count). The zero-order valence-corrected chi connectivity index (χ0v) is 11.8. The van der Waals surface area contributed by atoms with Crippen LogP contribution in [0.1, 0.15) is 5.56 Å². The molecule has 1 N–H and O–H groups in total. The van der Waals surface area contributed by atoms with Crippen LogP contribution >= 0.6 is 11.8 Å². The van der Waals surface area contributed by atoms with E-state index in [9.17, 15) is 0 Å². The highest BCUT2D eigenvalue weighted by atomic mass is 32.2. The number of benzene rings is 1. The number of nitrogens with zero attached hydrogens (tertiary/aromatic N) is 2. The number of hydrogen-bond donors (Lipinski definition) is 1. The van der Waals surface area contributed by atoms with Gasteiger partial charge in [0.25, 0.3) is 0 Å². The Morgan fingerprint density at radius 2 is 2.28 bits per heavy atom. The van der Waals surface area contributed by atoms with E-state index in [0.29, 0.717) is 0 Å². The van der Waals surface area contributed by atoms with E-state index >= 15 is 0 Å². The van der Waals surface area contributed by atoms with Gasteiger partial charge in [0.05, 0.1) is 6.54 Å². The van der Waals surface area contributed by atoms with Gasteiger partial charge >= 0.3 is 0 Å². The first-order chi connectivity index (χ1) is 8.78. The average molecular weight is 261 g/mol. The third-order valence-electron chi connectivity index (χ3n) is 3.98. The molecule has 0 bridgehead atoms. The number of anilines is 1. The van der Waals surface area contributed by atoms with E-state index in [1.807, 2.05) is 11.8 Å². The molecule has 0 saturated carbocycles. The van der Waals surface area contributed by atoms with E-state index in [4.69, 9.17) is 4.99 Å². The second kappa shape index (κ2) is 4.50. The summed E-state index contributed by atoms with van der Waals surface area (Å²) in [5.74, 6) is 2.25. The highest BCUT2D eigenvalue weighted by Gasteiger charge is 2.46. The minimum Gasteiger partial charge on any atom is -0.370 e. The van der Waals surface area contributed by atoms with Gasteiger partial charge in [-0.2, -0.15) is 11.8 Å². The molecule has 3 nitrogen and oxygen atoms in total. The van der Waals surface area contributed by atoms with Gasteiger partial charge in [-0.25, -0.2) is 0 Å². The van der Waals surface area contributed by atoms with Gasteiger partial charge in [0, 0.05) is 31.5 Å². The third kappa shape index (κ3) is 1.62. The Labute approximate surface area is 113 Å². The minimum atomic E-state index is 0.0274. The largest absolute Gasteiger partial charge is 0.370 e. The van der Waals surface area contributed by atoms with Crippen LogP contribution in [0.25, 0.3) is 0 Å². The Hall–Kier alpha value is -1.16. The van der Waals surface area contributed by atoms with Gasteiger partial charge in [-0.05, 0) is 17.9 Å². The maximum absolute atomic E-state index is 4.69. The molecule has 4 heteroatoms. The maximum Gasteiger partial charge on any atom is 0.124 e. The molecule has 0 aromatic heterocycles. The van der Waals surface area contributed by atoms with Crippen LogP contribution in [0.4, 0.5) is 5.69 Å². The molecule has 0 unspecified atom stereocenters. The molecule has 96 valence electrons. The second-order valence-corrected chi connectivity index (χ2v) is 5.85. The molecule has 0 saturated heterocycles. The number of likely N-dealkylation sites (N-methyl/N-ethyl adjacent to an activating group) is 1. The fourth-order valence-corrected chi connectivity index (χ4v) is 3.97. The fourth-order valence-electron chi connectivity index (χ4n) is 3.06. The Kier molecular flexibility index (Phi) is 2.98. The highest BCUT2D eigenvalue weighted by molar-refractivity contribution is 7.98. The Balaban J connectivity index is 2.03. The first-order valence-electron chi connectivity index (χ1n) is 6.37. The van der Waals surface area contributed by atoms with Crippen LogP contribution in [0.15, 0.2) is 29.3 Å². The summed E-state index contributed by atoms with van der Waals surface area (Å²) >= 11 is 1.90. The molecule has 0 spiro atoms. The molecule has 0 aliphatic carbocycles. The zero-order valence-electron chi connectivity index (χ0n) is 10.9.